The van der Waals surface area contributed by atoms with Crippen molar-refractivity contribution < 1.29 is 32.3 Å². The summed E-state index contributed by atoms with van der Waals surface area (Å²) in [4.78, 5) is 52.7. The van der Waals surface area contributed by atoms with Crippen LogP contribution in [-0.4, -0.2) is 61.4 Å². The van der Waals surface area contributed by atoms with Crippen LogP contribution in [0.2, 0.25) is 4.34 Å². The Morgan fingerprint density at radius 3 is 2.68 bits per heavy atom. The highest BCUT2D eigenvalue weighted by atomic mass is 35.5. The molecule has 2 aliphatic heterocycles. The molecular weight excluding hydrogens is 544 g/mol. The maximum Gasteiger partial charge on any atom is 0.405 e. The number of nitrogens with one attached hydrogen (secondary N) is 2. The van der Waals surface area contributed by atoms with Crippen LogP contribution in [0, 0.1) is 5.92 Å². The average molecular weight is 573 g/mol. The lowest BCUT2D eigenvalue weighted by atomic mass is 10.1. The Bertz CT molecular complexity index is 1220. The smallest absolute Gasteiger partial charge is 0.405 e. The van der Waals surface area contributed by atoms with Crippen LogP contribution >= 0.6 is 22.9 Å². The van der Waals surface area contributed by atoms with Crippen LogP contribution in [0.25, 0.3) is 0 Å². The van der Waals surface area contributed by atoms with Crippen molar-refractivity contribution in [1.82, 2.24) is 14.9 Å². The molecule has 3 heterocycles. The third kappa shape index (κ3) is 6.10. The molecular formula is C23H29ClN4O7S2. The first kappa shape index (κ1) is 27.4. The SMILES string of the molecule is NC(=O)OC1CCCCCC=CC2CC2(C(=O)NS(=O)(=O)c2ccc(Cl)s2)NC(=O)C2CCCN2C1=O. The molecule has 4 atom stereocenters. The summed E-state index contributed by atoms with van der Waals surface area (Å²) in [6.07, 6.45) is 5.86. The number of ether oxygens (including phenoxy) is 1. The van der Waals surface area contributed by atoms with E-state index in [1.165, 1.54) is 17.0 Å². The fourth-order valence-electron chi connectivity index (χ4n) is 4.88. The summed E-state index contributed by atoms with van der Waals surface area (Å²) in [7, 11) is -4.19. The predicted octanol–water partition coefficient (Wildman–Crippen LogP) is 2.06. The molecule has 37 heavy (non-hydrogen) atoms. The molecule has 1 aromatic heterocycles. The van der Waals surface area contributed by atoms with E-state index in [0.29, 0.717) is 25.7 Å². The summed E-state index contributed by atoms with van der Waals surface area (Å²) >= 11 is 6.67. The number of rotatable bonds is 4. The Hall–Kier alpha value is -2.64. The topological polar surface area (TPSA) is 165 Å². The van der Waals surface area contributed by atoms with Crippen LogP contribution in [0.4, 0.5) is 4.79 Å². The lowest BCUT2D eigenvalue weighted by Gasteiger charge is -2.29. The van der Waals surface area contributed by atoms with Gasteiger partial charge in [-0.1, -0.05) is 30.2 Å². The van der Waals surface area contributed by atoms with Gasteiger partial charge < -0.3 is 20.7 Å². The molecule has 4 rings (SSSR count). The summed E-state index contributed by atoms with van der Waals surface area (Å²) in [6.45, 7) is 0.283. The Labute approximate surface area is 223 Å². The third-order valence-corrected chi connectivity index (χ3v) is 9.94. The van der Waals surface area contributed by atoms with Crippen molar-refractivity contribution in [3.05, 3.63) is 28.6 Å². The van der Waals surface area contributed by atoms with Crippen LogP contribution in [0.15, 0.2) is 28.5 Å². The van der Waals surface area contributed by atoms with E-state index < -0.39 is 57.4 Å². The minimum absolute atomic E-state index is 0.119. The maximum atomic E-state index is 13.4. The number of nitrogens with zero attached hydrogens (tertiary/aromatic N) is 1. The lowest BCUT2D eigenvalue weighted by molar-refractivity contribution is -0.146. The number of hydrogen-bond donors (Lipinski definition) is 3. The van der Waals surface area contributed by atoms with Gasteiger partial charge in [0.1, 0.15) is 15.8 Å². The van der Waals surface area contributed by atoms with Crippen molar-refractivity contribution in [3.63, 3.8) is 0 Å². The van der Waals surface area contributed by atoms with Crippen LogP contribution < -0.4 is 15.8 Å². The van der Waals surface area contributed by atoms with Crippen molar-refractivity contribution in [1.29, 1.82) is 0 Å². The molecule has 1 aromatic rings. The molecule has 1 saturated heterocycles. The van der Waals surface area contributed by atoms with Crippen LogP contribution in [-0.2, 0) is 29.1 Å². The molecule has 202 valence electrons. The summed E-state index contributed by atoms with van der Waals surface area (Å²) in [5.41, 5.74) is 3.71. The molecule has 4 amide bonds. The Kier molecular flexibility index (Phi) is 8.14. The van der Waals surface area contributed by atoms with Crippen molar-refractivity contribution in [2.45, 2.75) is 73.3 Å². The van der Waals surface area contributed by atoms with Crippen LogP contribution in [0.3, 0.4) is 0 Å². The molecule has 1 aliphatic carbocycles. The molecule has 4 N–H and O–H groups in total. The van der Waals surface area contributed by atoms with Gasteiger partial charge in [0.2, 0.25) is 5.91 Å². The van der Waals surface area contributed by atoms with Gasteiger partial charge in [-0.3, -0.25) is 14.4 Å². The second-order valence-corrected chi connectivity index (χ2v) is 13.1. The Morgan fingerprint density at radius 1 is 1.19 bits per heavy atom. The molecule has 3 aliphatic rings. The largest absolute Gasteiger partial charge is 0.436 e. The van der Waals surface area contributed by atoms with E-state index in [9.17, 15) is 27.6 Å². The summed E-state index contributed by atoms with van der Waals surface area (Å²) in [6, 6.07) is 1.82. The molecule has 0 bridgehead atoms. The van der Waals surface area contributed by atoms with E-state index >= 15 is 0 Å². The van der Waals surface area contributed by atoms with E-state index in [-0.39, 0.29) is 27.9 Å². The fraction of sp³-hybridized carbons (Fsp3) is 0.565. The van der Waals surface area contributed by atoms with Crippen LogP contribution in [0.1, 0.15) is 51.4 Å². The van der Waals surface area contributed by atoms with Gasteiger partial charge in [0.15, 0.2) is 6.10 Å². The second kappa shape index (κ2) is 11.0. The van der Waals surface area contributed by atoms with Gasteiger partial charge in [-0.25, -0.2) is 17.9 Å². The van der Waals surface area contributed by atoms with Gasteiger partial charge in [-0.2, -0.15) is 0 Å². The zero-order valence-electron chi connectivity index (χ0n) is 20.0. The molecule has 1 saturated carbocycles. The van der Waals surface area contributed by atoms with E-state index in [2.05, 4.69) is 10.0 Å². The lowest BCUT2D eigenvalue weighted by Crippen LogP contribution is -2.57. The first-order valence-electron chi connectivity index (χ1n) is 12.1. The Balaban J connectivity index is 1.58. The van der Waals surface area contributed by atoms with E-state index in [0.717, 1.165) is 24.2 Å². The number of primary amides is 1. The number of thiophene rings is 1. The van der Waals surface area contributed by atoms with Gasteiger partial charge in [0.05, 0.1) is 4.34 Å². The molecule has 11 nitrogen and oxygen atoms in total. The van der Waals surface area contributed by atoms with Crippen molar-refractivity contribution in [2.24, 2.45) is 11.7 Å². The van der Waals surface area contributed by atoms with Gasteiger partial charge >= 0.3 is 6.09 Å². The highest BCUT2D eigenvalue weighted by molar-refractivity contribution is 7.92. The maximum absolute atomic E-state index is 13.4. The number of allylic oxidation sites excluding steroid dienone is 1. The molecule has 2 fully saturated rings. The van der Waals surface area contributed by atoms with E-state index in [4.69, 9.17) is 22.1 Å². The summed E-state index contributed by atoms with van der Waals surface area (Å²) < 4.78 is 32.8. The zero-order valence-corrected chi connectivity index (χ0v) is 22.4. The van der Waals surface area contributed by atoms with Gasteiger partial charge in [-0.15, -0.1) is 11.3 Å². The normalized spacial score (nSPS) is 28.8. The second-order valence-electron chi connectivity index (χ2n) is 9.45. The summed E-state index contributed by atoms with van der Waals surface area (Å²) in [5, 5.41) is 2.75. The predicted molar refractivity (Wildman–Crippen MR) is 135 cm³/mol. The Morgan fingerprint density at radius 2 is 1.97 bits per heavy atom. The van der Waals surface area contributed by atoms with Gasteiger partial charge in [0, 0.05) is 12.5 Å². The number of hydrogen-bond acceptors (Lipinski definition) is 8. The third-order valence-electron chi connectivity index (χ3n) is 6.88. The molecule has 0 spiro atoms. The highest BCUT2D eigenvalue weighted by Crippen LogP contribution is 2.46. The van der Waals surface area contributed by atoms with Crippen LogP contribution in [0.5, 0.6) is 0 Å². The highest BCUT2D eigenvalue weighted by Gasteiger charge is 2.61. The van der Waals surface area contributed by atoms with Crippen molar-refractivity contribution in [3.8, 4) is 0 Å². The van der Waals surface area contributed by atoms with Crippen molar-refractivity contribution in [2.75, 3.05) is 6.54 Å². The quantitative estimate of drug-likeness (QED) is 0.464. The first-order valence-corrected chi connectivity index (χ1v) is 14.8. The number of carbonyl (C=O) groups is 4. The monoisotopic (exact) mass is 572 g/mol. The molecule has 0 radical (unpaired) electrons. The van der Waals surface area contributed by atoms with Crippen molar-refractivity contribution >= 4 is 56.8 Å². The number of nitrogens with two attached hydrogens (primary N) is 1. The standard InChI is InChI=1S/C23H29ClN4O7S2/c24-17-10-11-18(36-17)37(33,34)27-21(31)23-13-14(23)7-4-2-1-3-5-9-16(35-22(25)32)20(30)28-12-6-8-15(28)19(29)26-23/h4,7,10-11,14-16H,1-3,5-6,8-9,12-13H2,(H2,25,32)(H,26,29)(H,27,31). The fourth-order valence-corrected chi connectivity index (χ4v) is 7.40. The zero-order chi connectivity index (χ0) is 26.8. The van der Waals surface area contributed by atoms with Gasteiger partial charge in [0.25, 0.3) is 21.8 Å². The minimum atomic E-state index is -4.19. The van der Waals surface area contributed by atoms with E-state index in [1.807, 2.05) is 12.2 Å². The number of sulfonamides is 1. The van der Waals surface area contributed by atoms with Gasteiger partial charge in [-0.05, 0) is 57.1 Å². The number of halogens is 1. The molecule has 14 heteroatoms. The number of amides is 4. The average Bonchev–Trinajstić information content (AvgIpc) is 3.15. The van der Waals surface area contributed by atoms with E-state index in [1.54, 1.807) is 0 Å². The molecule has 4 unspecified atom stereocenters. The first-order chi connectivity index (χ1) is 17.5. The number of fused-ring (bicyclic) bond motifs is 2. The summed E-state index contributed by atoms with van der Waals surface area (Å²) in [5.74, 6) is -2.33. The number of carbonyl (C=O) groups excluding carboxylic acids is 4. The minimum Gasteiger partial charge on any atom is -0.436 e. The molecule has 0 aromatic carbocycles.